The van der Waals surface area contributed by atoms with Crippen LogP contribution in [0.1, 0.15) is 0 Å². The van der Waals surface area contributed by atoms with Crippen molar-refractivity contribution < 1.29 is 4.42 Å². The summed E-state index contributed by atoms with van der Waals surface area (Å²) in [6.07, 6.45) is 0. The summed E-state index contributed by atoms with van der Waals surface area (Å²) in [6.45, 7) is 0. The van der Waals surface area contributed by atoms with Gasteiger partial charge in [-0.1, -0.05) is 109 Å². The van der Waals surface area contributed by atoms with Crippen molar-refractivity contribution in [3.63, 3.8) is 0 Å². The van der Waals surface area contributed by atoms with E-state index in [0.29, 0.717) is 0 Å². The summed E-state index contributed by atoms with van der Waals surface area (Å²) >= 11 is 0. The highest BCUT2D eigenvalue weighted by atomic mass is 16.3. The SMILES string of the molecule is c1ccc(-c2ccc(N(c3ccc4c(c3)c3ccccc3n4-c3ccccc3)c3ccc4c(c3)c3oc5ccccc5c3n4-c3ccccc3)cc2)cc1. The van der Waals surface area contributed by atoms with Gasteiger partial charge in [-0.2, -0.15) is 0 Å². The molecule has 0 saturated heterocycles. The van der Waals surface area contributed by atoms with Gasteiger partial charge < -0.3 is 18.5 Å². The highest BCUT2D eigenvalue weighted by Crippen LogP contribution is 2.44. The molecular formula is C50H33N3O. The summed E-state index contributed by atoms with van der Waals surface area (Å²) in [6, 6.07) is 71.4. The van der Waals surface area contributed by atoms with Crippen molar-refractivity contribution in [1.82, 2.24) is 9.13 Å². The summed E-state index contributed by atoms with van der Waals surface area (Å²) < 4.78 is 11.4. The van der Waals surface area contributed by atoms with Gasteiger partial charge in [-0.3, -0.25) is 0 Å². The van der Waals surface area contributed by atoms with E-state index in [2.05, 4.69) is 208 Å². The molecule has 0 unspecified atom stereocenters. The zero-order valence-electron chi connectivity index (χ0n) is 29.3. The minimum absolute atomic E-state index is 0.882. The molecule has 0 N–H and O–H groups in total. The van der Waals surface area contributed by atoms with Gasteiger partial charge in [-0.25, -0.2) is 0 Å². The first-order valence-corrected chi connectivity index (χ1v) is 18.4. The molecule has 3 aromatic heterocycles. The lowest BCUT2D eigenvalue weighted by molar-refractivity contribution is 0.673. The third kappa shape index (κ3) is 4.70. The largest absolute Gasteiger partial charge is 0.454 e. The molecule has 0 aliphatic heterocycles. The second-order valence-electron chi connectivity index (χ2n) is 13.8. The van der Waals surface area contributed by atoms with E-state index in [0.717, 1.165) is 61.4 Å². The van der Waals surface area contributed by atoms with E-state index in [-0.39, 0.29) is 0 Å². The monoisotopic (exact) mass is 691 g/mol. The van der Waals surface area contributed by atoms with Gasteiger partial charge in [0.2, 0.25) is 0 Å². The summed E-state index contributed by atoms with van der Waals surface area (Å²) in [5.74, 6) is 0. The van der Waals surface area contributed by atoms with E-state index in [9.17, 15) is 0 Å². The lowest BCUT2D eigenvalue weighted by atomic mass is 10.0. The van der Waals surface area contributed by atoms with Crippen LogP contribution in [0, 0.1) is 0 Å². The maximum atomic E-state index is 6.69. The molecule has 0 saturated carbocycles. The number of aromatic nitrogens is 2. The van der Waals surface area contributed by atoms with Gasteiger partial charge in [0.1, 0.15) is 11.1 Å². The number of anilines is 3. The quantitative estimate of drug-likeness (QED) is 0.173. The Labute approximate surface area is 312 Å². The van der Waals surface area contributed by atoms with Crippen molar-refractivity contribution in [2.75, 3.05) is 4.90 Å². The fraction of sp³-hybridized carbons (Fsp3) is 0. The summed E-state index contributed by atoms with van der Waals surface area (Å²) in [4.78, 5) is 2.37. The molecule has 4 heteroatoms. The zero-order valence-corrected chi connectivity index (χ0v) is 29.3. The Morgan fingerprint density at radius 3 is 1.56 bits per heavy atom. The van der Waals surface area contributed by atoms with Crippen molar-refractivity contribution in [3.8, 4) is 22.5 Å². The van der Waals surface area contributed by atoms with Crippen LogP contribution in [0.5, 0.6) is 0 Å². The summed E-state index contributed by atoms with van der Waals surface area (Å²) in [5.41, 5.74) is 14.1. The minimum Gasteiger partial charge on any atom is -0.454 e. The van der Waals surface area contributed by atoms with Crippen LogP contribution in [0.4, 0.5) is 17.1 Å². The molecule has 0 fully saturated rings. The highest BCUT2D eigenvalue weighted by molar-refractivity contribution is 6.17. The maximum Gasteiger partial charge on any atom is 0.161 e. The van der Waals surface area contributed by atoms with Crippen LogP contribution < -0.4 is 4.90 Å². The number of nitrogens with zero attached hydrogens (tertiary/aromatic N) is 3. The standard InChI is InChI=1S/C50H33N3O/c1-4-14-34(15-5-1)35-24-26-38(27-25-35)51(39-28-30-46-43(32-39)41-20-10-12-22-45(41)52(46)36-16-6-2-7-17-36)40-29-31-47-44(33-40)50-49(42-21-11-13-23-48(42)54-50)53(47)37-18-8-3-9-19-37/h1-33H. The van der Waals surface area contributed by atoms with Gasteiger partial charge in [0.15, 0.2) is 5.58 Å². The Hall–Kier alpha value is -7.30. The van der Waals surface area contributed by atoms with Crippen LogP contribution in [0.3, 0.4) is 0 Å². The first-order chi connectivity index (χ1) is 26.8. The van der Waals surface area contributed by atoms with Gasteiger partial charge in [0, 0.05) is 50.0 Å². The van der Waals surface area contributed by atoms with Gasteiger partial charge in [0.05, 0.1) is 16.6 Å². The Balaban J connectivity index is 1.16. The van der Waals surface area contributed by atoms with Crippen molar-refractivity contribution in [2.45, 2.75) is 0 Å². The lowest BCUT2D eigenvalue weighted by Crippen LogP contribution is -2.10. The molecule has 11 aromatic rings. The molecule has 3 heterocycles. The molecule has 254 valence electrons. The van der Waals surface area contributed by atoms with Crippen LogP contribution in [0.15, 0.2) is 205 Å². The molecule has 0 aliphatic rings. The van der Waals surface area contributed by atoms with E-state index in [1.54, 1.807) is 0 Å². The van der Waals surface area contributed by atoms with Crippen LogP contribution in [-0.4, -0.2) is 9.13 Å². The number of para-hydroxylation sites is 4. The molecule has 0 atom stereocenters. The lowest BCUT2D eigenvalue weighted by Gasteiger charge is -2.26. The number of hydrogen-bond donors (Lipinski definition) is 0. The normalized spacial score (nSPS) is 11.7. The van der Waals surface area contributed by atoms with Crippen LogP contribution in [-0.2, 0) is 0 Å². The van der Waals surface area contributed by atoms with Crippen molar-refractivity contribution in [3.05, 3.63) is 200 Å². The van der Waals surface area contributed by atoms with Crippen molar-refractivity contribution in [2.24, 2.45) is 0 Å². The predicted molar refractivity (Wildman–Crippen MR) is 225 cm³/mol. The van der Waals surface area contributed by atoms with E-state index in [4.69, 9.17) is 4.42 Å². The number of rotatable bonds is 6. The first kappa shape index (κ1) is 30.3. The van der Waals surface area contributed by atoms with E-state index >= 15 is 0 Å². The van der Waals surface area contributed by atoms with Gasteiger partial charge in [0.25, 0.3) is 0 Å². The number of hydrogen-bond acceptors (Lipinski definition) is 2. The maximum absolute atomic E-state index is 6.69. The molecule has 54 heavy (non-hydrogen) atoms. The van der Waals surface area contributed by atoms with Gasteiger partial charge >= 0.3 is 0 Å². The Kier molecular flexibility index (Phi) is 6.82. The van der Waals surface area contributed by atoms with Crippen LogP contribution in [0.25, 0.3) is 77.3 Å². The van der Waals surface area contributed by atoms with Crippen molar-refractivity contribution >= 4 is 71.8 Å². The van der Waals surface area contributed by atoms with E-state index < -0.39 is 0 Å². The number of furan rings is 1. The van der Waals surface area contributed by atoms with Crippen LogP contribution in [0.2, 0.25) is 0 Å². The average Bonchev–Trinajstić information content (AvgIpc) is 3.89. The number of fused-ring (bicyclic) bond motifs is 8. The zero-order chi connectivity index (χ0) is 35.6. The average molecular weight is 692 g/mol. The molecule has 0 radical (unpaired) electrons. The fourth-order valence-corrected chi connectivity index (χ4v) is 8.28. The Bertz CT molecular complexity index is 3140. The third-order valence-electron chi connectivity index (χ3n) is 10.7. The van der Waals surface area contributed by atoms with Crippen molar-refractivity contribution in [1.29, 1.82) is 0 Å². The molecule has 8 aromatic carbocycles. The van der Waals surface area contributed by atoms with E-state index in [1.165, 1.54) is 32.9 Å². The molecular weight excluding hydrogens is 659 g/mol. The van der Waals surface area contributed by atoms with Gasteiger partial charge in [-0.05, 0) is 102 Å². The molecule has 4 nitrogen and oxygen atoms in total. The second-order valence-corrected chi connectivity index (χ2v) is 13.8. The summed E-state index contributed by atoms with van der Waals surface area (Å²) in [5, 5.41) is 4.59. The Morgan fingerprint density at radius 2 is 0.852 bits per heavy atom. The van der Waals surface area contributed by atoms with Crippen LogP contribution >= 0.6 is 0 Å². The Morgan fingerprint density at radius 1 is 0.352 bits per heavy atom. The smallest absolute Gasteiger partial charge is 0.161 e. The summed E-state index contributed by atoms with van der Waals surface area (Å²) in [7, 11) is 0. The first-order valence-electron chi connectivity index (χ1n) is 18.4. The van der Waals surface area contributed by atoms with Gasteiger partial charge in [-0.15, -0.1) is 0 Å². The topological polar surface area (TPSA) is 26.2 Å². The molecule has 11 rings (SSSR count). The molecule has 0 aliphatic carbocycles. The molecule has 0 amide bonds. The van der Waals surface area contributed by atoms with E-state index in [1.807, 2.05) is 6.07 Å². The third-order valence-corrected chi connectivity index (χ3v) is 10.7. The predicted octanol–water partition coefficient (Wildman–Crippen LogP) is 13.8. The minimum atomic E-state index is 0.882. The second kappa shape index (κ2) is 12.1. The highest BCUT2D eigenvalue weighted by Gasteiger charge is 2.22. The fourth-order valence-electron chi connectivity index (χ4n) is 8.28. The molecule has 0 bridgehead atoms. The molecule has 0 spiro atoms. The number of benzene rings is 8.